The van der Waals surface area contributed by atoms with Gasteiger partial charge in [-0.25, -0.2) is 19.2 Å². The van der Waals surface area contributed by atoms with Crippen LogP contribution in [0.25, 0.3) is 20.9 Å². The molecule has 17 heteroatoms. The van der Waals surface area contributed by atoms with Crippen LogP contribution in [0.5, 0.6) is 0 Å². The summed E-state index contributed by atoms with van der Waals surface area (Å²) in [5, 5.41) is 7.38. The molecule has 0 bridgehead atoms. The summed E-state index contributed by atoms with van der Waals surface area (Å²) in [5.74, 6) is -4.75. The van der Waals surface area contributed by atoms with Gasteiger partial charge in [0.1, 0.15) is 18.3 Å². The predicted molar refractivity (Wildman–Crippen MR) is 207 cm³/mol. The molecule has 0 spiro atoms. The number of benzene rings is 4. The average molecular weight is 805 g/mol. The Bertz CT molecular complexity index is 2150. The molecule has 304 valence electrons. The fourth-order valence-corrected chi connectivity index (χ4v) is 6.74. The van der Waals surface area contributed by atoms with Gasteiger partial charge in [-0.15, -0.1) is 0 Å². The zero-order valence-electron chi connectivity index (χ0n) is 31.9. The van der Waals surface area contributed by atoms with Crippen LogP contribution < -0.4 is 0 Å². The predicted octanol–water partition coefficient (Wildman–Crippen LogP) is 7.25. The van der Waals surface area contributed by atoms with Crippen LogP contribution in [0.1, 0.15) is 55.3 Å². The molecule has 0 saturated carbocycles. The molecule has 0 amide bonds. The van der Waals surface area contributed by atoms with Gasteiger partial charge in [0, 0.05) is 21.7 Å². The van der Waals surface area contributed by atoms with Crippen molar-refractivity contribution < 1.29 is 52.3 Å². The number of carbonyl (C=O) groups excluding carboxylic acids is 4. The van der Waals surface area contributed by atoms with E-state index in [1.165, 1.54) is 12.1 Å². The van der Waals surface area contributed by atoms with E-state index in [9.17, 15) is 30.2 Å². The molecule has 0 aliphatic carbocycles. The molecule has 0 aromatic heterocycles. The number of ether oxygens (including phenoxy) is 7. The first-order valence-electron chi connectivity index (χ1n) is 18.7. The van der Waals surface area contributed by atoms with Crippen molar-refractivity contribution in [3.05, 3.63) is 164 Å². The SMILES string of the molecule is CC1C(OC(=O)c2ccccc2)[C@H](OC(=O)c2ccccc2)C(CN=[N+]=[N-])O[C@@H]1O[C@H]1OC(CN=[N+]=[N-])[C@@H](C)[C@H](OC(=O)c2ccccc2)C1OC(=O)c1ccccc1. The second kappa shape index (κ2) is 20.1. The second-order valence-corrected chi connectivity index (χ2v) is 13.7. The largest absolute Gasteiger partial charge is 0.454 e. The summed E-state index contributed by atoms with van der Waals surface area (Å²) >= 11 is 0. The number of azide groups is 2. The van der Waals surface area contributed by atoms with E-state index >= 15 is 0 Å². The lowest BCUT2D eigenvalue weighted by atomic mass is 9.89. The van der Waals surface area contributed by atoms with Crippen molar-refractivity contribution >= 4 is 23.9 Å². The fraction of sp³-hybridized carbons (Fsp3) is 0.333. The summed E-state index contributed by atoms with van der Waals surface area (Å²) in [6, 6.07) is 32.5. The van der Waals surface area contributed by atoms with Crippen LogP contribution >= 0.6 is 0 Å². The van der Waals surface area contributed by atoms with Crippen molar-refractivity contribution in [1.82, 2.24) is 0 Å². The van der Waals surface area contributed by atoms with Gasteiger partial charge < -0.3 is 33.2 Å². The Balaban J connectivity index is 1.38. The van der Waals surface area contributed by atoms with Gasteiger partial charge >= 0.3 is 23.9 Å². The van der Waals surface area contributed by atoms with Crippen molar-refractivity contribution in [1.29, 1.82) is 0 Å². The van der Waals surface area contributed by atoms with Crippen molar-refractivity contribution in [3.63, 3.8) is 0 Å². The first-order valence-corrected chi connectivity index (χ1v) is 18.7. The number of rotatable bonds is 14. The Morgan fingerprint density at radius 2 is 0.831 bits per heavy atom. The molecule has 4 aromatic rings. The van der Waals surface area contributed by atoms with Crippen molar-refractivity contribution in [2.24, 2.45) is 22.1 Å². The smallest absolute Gasteiger partial charge is 0.338 e. The van der Waals surface area contributed by atoms with E-state index in [4.69, 9.17) is 33.2 Å². The van der Waals surface area contributed by atoms with E-state index in [1.807, 2.05) is 0 Å². The molecule has 0 radical (unpaired) electrons. The first kappa shape index (κ1) is 41.9. The number of esters is 4. The molecule has 2 saturated heterocycles. The highest BCUT2D eigenvalue weighted by Gasteiger charge is 2.54. The molecular formula is C42H40N6O11. The van der Waals surface area contributed by atoms with Gasteiger partial charge in [-0.3, -0.25) is 0 Å². The zero-order chi connectivity index (χ0) is 41.7. The Labute approximate surface area is 338 Å². The summed E-state index contributed by atoms with van der Waals surface area (Å²) in [6.45, 7) is 2.66. The molecule has 4 aromatic carbocycles. The van der Waals surface area contributed by atoms with E-state index in [0.717, 1.165) is 0 Å². The monoisotopic (exact) mass is 804 g/mol. The second-order valence-electron chi connectivity index (χ2n) is 13.7. The normalized spacial score (nSPS) is 26.1. The summed E-state index contributed by atoms with van der Waals surface area (Å²) in [6.07, 6.45) is -10.5. The third-order valence-corrected chi connectivity index (χ3v) is 9.88. The van der Waals surface area contributed by atoms with Crippen LogP contribution in [0.3, 0.4) is 0 Å². The quantitative estimate of drug-likeness (QED) is 0.0405. The molecule has 10 atom stereocenters. The third-order valence-electron chi connectivity index (χ3n) is 9.88. The molecule has 5 unspecified atom stereocenters. The average Bonchev–Trinajstić information content (AvgIpc) is 3.27. The van der Waals surface area contributed by atoms with Crippen molar-refractivity contribution in [2.45, 2.75) is 63.1 Å². The van der Waals surface area contributed by atoms with E-state index < -0.39 is 91.5 Å². The Morgan fingerprint density at radius 3 is 1.24 bits per heavy atom. The zero-order valence-corrected chi connectivity index (χ0v) is 31.9. The summed E-state index contributed by atoms with van der Waals surface area (Å²) < 4.78 is 43.4. The Hall–Kier alpha value is -6.74. The van der Waals surface area contributed by atoms with Crippen LogP contribution in [0, 0.1) is 11.8 Å². The lowest BCUT2D eigenvalue weighted by molar-refractivity contribution is -0.357. The number of nitrogens with zero attached hydrogens (tertiary/aromatic N) is 6. The van der Waals surface area contributed by atoms with Gasteiger partial charge in [0.15, 0.2) is 18.5 Å². The van der Waals surface area contributed by atoms with E-state index in [0.29, 0.717) is 0 Å². The van der Waals surface area contributed by atoms with Gasteiger partial charge in [0.05, 0.1) is 41.4 Å². The highest BCUT2D eigenvalue weighted by atomic mass is 16.8. The van der Waals surface area contributed by atoms with Gasteiger partial charge in [0.2, 0.25) is 6.29 Å². The van der Waals surface area contributed by atoms with Crippen LogP contribution in [0.4, 0.5) is 0 Å². The Kier molecular flexibility index (Phi) is 14.3. The molecule has 2 fully saturated rings. The summed E-state index contributed by atoms with van der Waals surface area (Å²) in [7, 11) is 0. The van der Waals surface area contributed by atoms with Crippen molar-refractivity contribution in [2.75, 3.05) is 13.1 Å². The van der Waals surface area contributed by atoms with Gasteiger partial charge in [-0.1, -0.05) is 96.9 Å². The topological polar surface area (TPSA) is 230 Å². The van der Waals surface area contributed by atoms with Gasteiger partial charge in [-0.05, 0) is 59.6 Å². The lowest BCUT2D eigenvalue weighted by Gasteiger charge is -2.48. The number of carbonyl (C=O) groups is 4. The van der Waals surface area contributed by atoms with E-state index in [2.05, 4.69) is 20.1 Å². The third kappa shape index (κ3) is 10.4. The maximum atomic E-state index is 13.7. The summed E-state index contributed by atoms with van der Waals surface area (Å²) in [4.78, 5) is 60.1. The van der Waals surface area contributed by atoms with Crippen LogP contribution in [-0.2, 0) is 33.2 Å². The standard InChI is InChI=1S/C42H40N6O11/c1-25-31(23-45-47-43)53-42(36(58-40(52)30-21-13-6-14-22-30)33(25)55-37(49)27-15-7-3-8-16-27)59-41-26(2)34(56-38(50)28-17-9-4-10-18-28)35(32(54-41)24-46-48-44)57-39(51)29-19-11-5-12-20-29/h3-22,25-26,31-36,41-42H,23-24H2,1-2H3/t25-,26?,31?,32?,33+,34?,35-,36?,41-,42-/m1/s1. The molecular weight excluding hydrogens is 764 g/mol. The number of hydrogen-bond donors (Lipinski definition) is 0. The van der Waals surface area contributed by atoms with Crippen molar-refractivity contribution in [3.8, 4) is 0 Å². The fourth-order valence-electron chi connectivity index (χ4n) is 6.74. The maximum absolute atomic E-state index is 13.7. The minimum atomic E-state index is -1.58. The minimum Gasteiger partial charge on any atom is -0.454 e. The van der Waals surface area contributed by atoms with E-state index in [-0.39, 0.29) is 28.8 Å². The highest BCUT2D eigenvalue weighted by molar-refractivity contribution is 5.91. The van der Waals surface area contributed by atoms with Gasteiger partial charge in [0.25, 0.3) is 0 Å². The van der Waals surface area contributed by atoms with Crippen LogP contribution in [0.2, 0.25) is 0 Å². The number of hydrogen-bond acceptors (Lipinski definition) is 13. The lowest BCUT2D eigenvalue weighted by Crippen LogP contribution is -2.62. The maximum Gasteiger partial charge on any atom is 0.338 e. The van der Waals surface area contributed by atoms with Crippen LogP contribution in [-0.4, -0.2) is 86.2 Å². The molecule has 2 heterocycles. The first-order chi connectivity index (χ1) is 28.7. The van der Waals surface area contributed by atoms with Crippen LogP contribution in [0.15, 0.2) is 132 Å². The Morgan fingerprint density at radius 1 is 0.492 bits per heavy atom. The molecule has 2 aliphatic rings. The summed E-state index contributed by atoms with van der Waals surface area (Å²) in [5.41, 5.74) is 19.4. The highest BCUT2D eigenvalue weighted by Crippen LogP contribution is 2.38. The molecule has 0 N–H and O–H groups in total. The minimum absolute atomic E-state index is 0.177. The van der Waals surface area contributed by atoms with Gasteiger partial charge in [-0.2, -0.15) is 0 Å². The molecule has 6 rings (SSSR count). The van der Waals surface area contributed by atoms with E-state index in [1.54, 1.807) is 123 Å². The molecule has 17 nitrogen and oxygen atoms in total. The molecule has 2 aliphatic heterocycles. The molecule has 59 heavy (non-hydrogen) atoms.